The maximum atomic E-state index is 14.3. The average molecular weight is 335 g/mol. The van der Waals surface area contributed by atoms with E-state index in [2.05, 4.69) is 5.10 Å². The summed E-state index contributed by atoms with van der Waals surface area (Å²) in [7, 11) is 0. The first-order valence-electron chi connectivity index (χ1n) is 7.67. The van der Waals surface area contributed by atoms with Gasteiger partial charge in [0.2, 0.25) is 0 Å². The highest BCUT2D eigenvalue weighted by Crippen LogP contribution is 2.30. The van der Waals surface area contributed by atoms with E-state index in [0.717, 1.165) is 12.8 Å². The van der Waals surface area contributed by atoms with E-state index in [1.54, 1.807) is 10.6 Å². The first-order valence-corrected chi connectivity index (χ1v) is 7.67. The van der Waals surface area contributed by atoms with Gasteiger partial charge in [0.05, 0.1) is 17.5 Å². The van der Waals surface area contributed by atoms with Gasteiger partial charge in [-0.1, -0.05) is 13.3 Å². The number of fused-ring (bicyclic) bond motifs is 1. The Hall–Kier alpha value is -2.57. The molecule has 0 aliphatic rings. The zero-order valence-electron chi connectivity index (χ0n) is 13.3. The van der Waals surface area contributed by atoms with Crippen molar-refractivity contribution in [2.45, 2.75) is 33.2 Å². The minimum Gasteiger partial charge on any atom is -0.325 e. The van der Waals surface area contributed by atoms with Crippen LogP contribution >= 0.6 is 0 Å². The maximum Gasteiger partial charge on any atom is 0.277 e. The lowest BCUT2D eigenvalue weighted by atomic mass is 10.0. The molecule has 24 heavy (non-hydrogen) atoms. The predicted octanol–water partition coefficient (Wildman–Crippen LogP) is 3.69. The summed E-state index contributed by atoms with van der Waals surface area (Å²) in [6, 6.07) is 2.85. The normalized spacial score (nSPS) is 11.4. The van der Waals surface area contributed by atoms with Crippen molar-refractivity contribution in [3.05, 3.63) is 57.8 Å². The highest BCUT2D eigenvalue weighted by atomic mass is 19.1. The van der Waals surface area contributed by atoms with Crippen LogP contribution in [0.4, 0.5) is 13.2 Å². The summed E-state index contributed by atoms with van der Waals surface area (Å²) in [5, 5.41) is 3.98. The van der Waals surface area contributed by atoms with Crippen molar-refractivity contribution in [3.8, 4) is 11.3 Å². The molecule has 2 aromatic heterocycles. The third-order valence-electron chi connectivity index (χ3n) is 4.02. The molecule has 0 amide bonds. The van der Waals surface area contributed by atoms with Crippen molar-refractivity contribution in [2.75, 3.05) is 0 Å². The number of nitrogens with zero attached hydrogens (tertiary/aromatic N) is 3. The molecule has 1 aromatic carbocycles. The zero-order chi connectivity index (χ0) is 17.4. The van der Waals surface area contributed by atoms with Gasteiger partial charge in [-0.25, -0.2) is 13.2 Å². The molecule has 0 fully saturated rings. The van der Waals surface area contributed by atoms with Crippen LogP contribution in [-0.4, -0.2) is 14.2 Å². The summed E-state index contributed by atoms with van der Waals surface area (Å²) < 4.78 is 44.7. The number of hydrogen-bond donors (Lipinski definition) is 0. The Kier molecular flexibility index (Phi) is 4.17. The summed E-state index contributed by atoms with van der Waals surface area (Å²) in [4.78, 5) is 12.5. The monoisotopic (exact) mass is 335 g/mol. The molecule has 3 aromatic rings. The van der Waals surface area contributed by atoms with E-state index in [1.165, 1.54) is 17.6 Å². The molecule has 0 radical (unpaired) electrons. The van der Waals surface area contributed by atoms with Gasteiger partial charge < -0.3 is 4.57 Å². The molecule has 7 heteroatoms. The summed E-state index contributed by atoms with van der Waals surface area (Å²) in [5.41, 5.74) is -0.132. The van der Waals surface area contributed by atoms with Crippen LogP contribution < -0.4 is 5.56 Å². The second-order valence-electron chi connectivity index (χ2n) is 5.63. The Morgan fingerprint density at radius 3 is 2.46 bits per heavy atom. The first-order chi connectivity index (χ1) is 11.5. The van der Waals surface area contributed by atoms with Gasteiger partial charge in [-0.05, 0) is 13.3 Å². The minimum atomic E-state index is -1.04. The Morgan fingerprint density at radius 2 is 1.83 bits per heavy atom. The van der Waals surface area contributed by atoms with Gasteiger partial charge in [0.1, 0.15) is 23.1 Å². The molecule has 0 aliphatic carbocycles. The molecular weight excluding hydrogens is 319 g/mol. The van der Waals surface area contributed by atoms with Crippen LogP contribution in [0.25, 0.3) is 16.9 Å². The third kappa shape index (κ3) is 2.50. The van der Waals surface area contributed by atoms with E-state index in [4.69, 9.17) is 0 Å². The van der Waals surface area contributed by atoms with Crippen molar-refractivity contribution in [2.24, 2.45) is 0 Å². The average Bonchev–Trinajstić information content (AvgIpc) is 3.00. The summed E-state index contributed by atoms with van der Waals surface area (Å²) in [6.45, 7) is 3.93. The van der Waals surface area contributed by atoms with Crippen LogP contribution in [0.1, 0.15) is 25.3 Å². The number of aromatic nitrogens is 3. The van der Waals surface area contributed by atoms with Crippen LogP contribution in [0, 0.1) is 24.4 Å². The summed E-state index contributed by atoms with van der Waals surface area (Å²) in [5.74, 6) is -3.08. The maximum absolute atomic E-state index is 14.3. The predicted molar refractivity (Wildman–Crippen MR) is 84.4 cm³/mol. The largest absolute Gasteiger partial charge is 0.325 e. The topological polar surface area (TPSA) is 39.3 Å². The SMILES string of the molecule is CCCCn1c(-c2c(F)cc(F)cc2F)c(C)c(=O)n2nccc12. The fourth-order valence-electron chi connectivity index (χ4n) is 2.87. The summed E-state index contributed by atoms with van der Waals surface area (Å²) in [6.07, 6.45) is 3.07. The molecule has 0 unspecified atom stereocenters. The molecule has 0 saturated carbocycles. The van der Waals surface area contributed by atoms with Gasteiger partial charge in [0.25, 0.3) is 5.56 Å². The van der Waals surface area contributed by atoms with Crippen LogP contribution in [0.3, 0.4) is 0 Å². The van der Waals surface area contributed by atoms with Crippen LogP contribution in [0.2, 0.25) is 0 Å². The fourth-order valence-corrected chi connectivity index (χ4v) is 2.87. The molecule has 3 rings (SSSR count). The Bertz CT molecular complexity index is 952. The van der Waals surface area contributed by atoms with Gasteiger partial charge in [-0.2, -0.15) is 9.61 Å². The van der Waals surface area contributed by atoms with Gasteiger partial charge >= 0.3 is 0 Å². The lowest BCUT2D eigenvalue weighted by Gasteiger charge is -2.18. The molecule has 0 atom stereocenters. The van der Waals surface area contributed by atoms with Crippen LogP contribution in [0.15, 0.2) is 29.2 Å². The van der Waals surface area contributed by atoms with Crippen LogP contribution in [-0.2, 0) is 6.54 Å². The van der Waals surface area contributed by atoms with E-state index < -0.39 is 28.6 Å². The highest BCUT2D eigenvalue weighted by molar-refractivity contribution is 5.67. The summed E-state index contributed by atoms with van der Waals surface area (Å²) >= 11 is 0. The Labute approximate surface area is 136 Å². The van der Waals surface area contributed by atoms with Crippen molar-refractivity contribution in [1.82, 2.24) is 14.2 Å². The minimum absolute atomic E-state index is 0.122. The standard InChI is InChI=1S/C17H16F3N3O/c1-3-4-7-22-14-5-6-21-23(14)17(24)10(2)16(22)15-12(19)8-11(18)9-13(15)20/h5-6,8-9H,3-4,7H2,1-2H3. The lowest BCUT2D eigenvalue weighted by Crippen LogP contribution is -2.24. The number of benzene rings is 1. The first kappa shape index (κ1) is 16.3. The molecule has 0 aliphatic heterocycles. The number of aryl methyl sites for hydroxylation is 1. The van der Waals surface area contributed by atoms with Crippen LogP contribution in [0.5, 0.6) is 0 Å². The molecular formula is C17H16F3N3O. The van der Waals surface area contributed by atoms with Crippen molar-refractivity contribution in [1.29, 1.82) is 0 Å². The smallest absolute Gasteiger partial charge is 0.277 e. The number of halogens is 3. The number of rotatable bonds is 4. The number of hydrogen-bond acceptors (Lipinski definition) is 2. The fraction of sp³-hybridized carbons (Fsp3) is 0.294. The van der Waals surface area contributed by atoms with Gasteiger partial charge in [-0.15, -0.1) is 0 Å². The molecule has 4 nitrogen and oxygen atoms in total. The van der Waals surface area contributed by atoms with E-state index in [9.17, 15) is 18.0 Å². The van der Waals surface area contributed by atoms with E-state index in [0.29, 0.717) is 24.3 Å². The highest BCUT2D eigenvalue weighted by Gasteiger charge is 2.22. The molecule has 2 heterocycles. The van der Waals surface area contributed by atoms with Crippen molar-refractivity contribution >= 4 is 5.65 Å². The van der Waals surface area contributed by atoms with Crippen molar-refractivity contribution < 1.29 is 13.2 Å². The molecule has 126 valence electrons. The van der Waals surface area contributed by atoms with Crippen molar-refractivity contribution in [3.63, 3.8) is 0 Å². The second-order valence-corrected chi connectivity index (χ2v) is 5.63. The molecule has 0 saturated heterocycles. The lowest BCUT2D eigenvalue weighted by molar-refractivity contribution is 0.543. The van der Waals surface area contributed by atoms with Gasteiger partial charge in [0, 0.05) is 30.3 Å². The zero-order valence-corrected chi connectivity index (χ0v) is 13.3. The van der Waals surface area contributed by atoms with Gasteiger partial charge in [-0.3, -0.25) is 4.79 Å². The van der Waals surface area contributed by atoms with Gasteiger partial charge in [0.15, 0.2) is 0 Å². The third-order valence-corrected chi connectivity index (χ3v) is 4.02. The number of unbranched alkanes of at least 4 members (excludes halogenated alkanes) is 1. The van der Waals surface area contributed by atoms with E-state index in [-0.39, 0.29) is 11.3 Å². The van der Waals surface area contributed by atoms with E-state index in [1.807, 2.05) is 6.92 Å². The van der Waals surface area contributed by atoms with E-state index >= 15 is 0 Å². The molecule has 0 N–H and O–H groups in total. The Balaban J connectivity index is 2.43. The quantitative estimate of drug-likeness (QED) is 0.729. The second kappa shape index (κ2) is 6.14. The molecule has 0 spiro atoms. The Morgan fingerprint density at radius 1 is 1.17 bits per heavy atom. The molecule has 0 bridgehead atoms.